The number of ether oxygens (including phenoxy) is 1. The molecule has 1 unspecified atom stereocenters. The Kier molecular flexibility index (Phi) is 3.00. The molecule has 2 saturated heterocycles. The molecule has 23 heavy (non-hydrogen) atoms. The summed E-state index contributed by atoms with van der Waals surface area (Å²) in [6, 6.07) is 7.14. The van der Waals surface area contributed by atoms with Gasteiger partial charge in [-0.1, -0.05) is 24.3 Å². The number of alkyl halides is 2. The van der Waals surface area contributed by atoms with E-state index < -0.39 is 36.6 Å². The van der Waals surface area contributed by atoms with Crippen LogP contribution in [0, 0.1) is 0 Å². The molecule has 3 aliphatic rings. The molecule has 0 saturated carbocycles. The van der Waals surface area contributed by atoms with E-state index in [-0.39, 0.29) is 12.5 Å². The normalized spacial score (nSPS) is 27.6. The summed E-state index contributed by atoms with van der Waals surface area (Å²) < 4.78 is 31.4. The molecular weight excluding hydrogens is 306 g/mol. The van der Waals surface area contributed by atoms with Gasteiger partial charge in [-0.3, -0.25) is 9.69 Å². The number of halogens is 2. The van der Waals surface area contributed by atoms with Gasteiger partial charge in [0.1, 0.15) is 12.1 Å². The third kappa shape index (κ3) is 2.30. The van der Waals surface area contributed by atoms with Crippen molar-refractivity contribution in [3.8, 4) is 0 Å². The van der Waals surface area contributed by atoms with E-state index in [1.165, 1.54) is 0 Å². The largest absolute Gasteiger partial charge is 0.370 e. The highest BCUT2D eigenvalue weighted by molar-refractivity contribution is 6.07. The Balaban J connectivity index is 1.52. The first-order valence-electron chi connectivity index (χ1n) is 7.59. The van der Waals surface area contributed by atoms with Gasteiger partial charge in [-0.25, -0.2) is 13.6 Å². The molecule has 2 heterocycles. The molecule has 1 N–H and O–H groups in total. The van der Waals surface area contributed by atoms with Crippen molar-refractivity contribution in [3.05, 3.63) is 35.4 Å². The average Bonchev–Trinajstić information content (AvgIpc) is 3.09. The number of hydrogen-bond acceptors (Lipinski definition) is 3. The molecule has 1 aliphatic carbocycles. The fraction of sp³-hybridized carbons (Fsp3) is 0.500. The number of urea groups is 1. The predicted octanol–water partition coefficient (Wildman–Crippen LogP) is 1.50. The lowest BCUT2D eigenvalue weighted by molar-refractivity contribution is -0.132. The monoisotopic (exact) mass is 322 g/mol. The fourth-order valence-electron chi connectivity index (χ4n) is 3.71. The molecule has 1 aromatic rings. The van der Waals surface area contributed by atoms with Crippen LogP contribution in [0.3, 0.4) is 0 Å². The first-order valence-corrected chi connectivity index (χ1v) is 7.59. The number of nitrogens with one attached hydrogen (secondary N) is 1. The maximum absolute atomic E-state index is 13.2. The van der Waals surface area contributed by atoms with E-state index in [2.05, 4.69) is 5.32 Å². The van der Waals surface area contributed by atoms with Crippen molar-refractivity contribution >= 4 is 11.9 Å². The second-order valence-electron chi connectivity index (χ2n) is 6.54. The summed E-state index contributed by atoms with van der Waals surface area (Å²) >= 11 is 0. The second kappa shape index (κ2) is 4.74. The fourth-order valence-corrected chi connectivity index (χ4v) is 3.71. The number of benzene rings is 1. The van der Waals surface area contributed by atoms with Crippen molar-refractivity contribution < 1.29 is 23.1 Å². The lowest BCUT2D eigenvalue weighted by atomic mass is 9.96. The van der Waals surface area contributed by atoms with Crippen LogP contribution in [-0.2, 0) is 22.4 Å². The zero-order chi connectivity index (χ0) is 16.2. The molecule has 2 aliphatic heterocycles. The van der Waals surface area contributed by atoms with Crippen molar-refractivity contribution in [2.45, 2.75) is 36.8 Å². The molecule has 1 spiro atoms. The van der Waals surface area contributed by atoms with Crippen molar-refractivity contribution in [3.63, 3.8) is 0 Å². The topological polar surface area (TPSA) is 58.6 Å². The Morgan fingerprint density at radius 2 is 1.87 bits per heavy atom. The molecule has 0 bridgehead atoms. The van der Waals surface area contributed by atoms with E-state index >= 15 is 0 Å². The Bertz CT molecular complexity index is 667. The van der Waals surface area contributed by atoms with Crippen LogP contribution in [0.1, 0.15) is 17.5 Å². The van der Waals surface area contributed by atoms with Crippen LogP contribution in [-0.4, -0.2) is 47.6 Å². The standard InChI is InChI=1S/C16H16F2N2O3/c17-16(18)7-12(23-9-16)8-20-13(21)15(19-14(20)22)5-10-3-1-2-4-11(10)6-15/h1-4,12H,5-9H2,(H,19,22). The van der Waals surface area contributed by atoms with Crippen molar-refractivity contribution in [1.82, 2.24) is 10.2 Å². The molecule has 5 nitrogen and oxygen atoms in total. The van der Waals surface area contributed by atoms with Gasteiger partial charge in [0.2, 0.25) is 0 Å². The van der Waals surface area contributed by atoms with Crippen LogP contribution in [0.4, 0.5) is 13.6 Å². The molecule has 122 valence electrons. The summed E-state index contributed by atoms with van der Waals surface area (Å²) in [5, 5.41) is 2.77. The SMILES string of the molecule is O=C1NC2(Cc3ccccc3C2)C(=O)N1CC1CC(F)(F)CO1. The molecule has 1 aromatic carbocycles. The van der Waals surface area contributed by atoms with E-state index in [1.807, 2.05) is 24.3 Å². The lowest BCUT2D eigenvalue weighted by Crippen LogP contribution is -2.48. The van der Waals surface area contributed by atoms with Crippen LogP contribution in [0.5, 0.6) is 0 Å². The van der Waals surface area contributed by atoms with Crippen LogP contribution in [0.2, 0.25) is 0 Å². The smallest absolute Gasteiger partial charge is 0.325 e. The summed E-state index contributed by atoms with van der Waals surface area (Å²) in [5.74, 6) is -3.23. The summed E-state index contributed by atoms with van der Waals surface area (Å²) in [4.78, 5) is 26.0. The number of amides is 3. The van der Waals surface area contributed by atoms with Crippen molar-refractivity contribution in [2.24, 2.45) is 0 Å². The van der Waals surface area contributed by atoms with Gasteiger partial charge in [0.15, 0.2) is 0 Å². The van der Waals surface area contributed by atoms with Crippen LogP contribution in [0.15, 0.2) is 24.3 Å². The van der Waals surface area contributed by atoms with E-state index in [0.29, 0.717) is 12.8 Å². The number of imide groups is 1. The number of nitrogens with zero attached hydrogens (tertiary/aromatic N) is 1. The van der Waals surface area contributed by atoms with Gasteiger partial charge >= 0.3 is 6.03 Å². The number of hydrogen-bond donors (Lipinski definition) is 1. The summed E-state index contributed by atoms with van der Waals surface area (Å²) in [6.45, 7) is -0.781. The van der Waals surface area contributed by atoms with Gasteiger partial charge in [-0.15, -0.1) is 0 Å². The van der Waals surface area contributed by atoms with Crippen molar-refractivity contribution in [1.29, 1.82) is 0 Å². The van der Waals surface area contributed by atoms with Crippen LogP contribution >= 0.6 is 0 Å². The van der Waals surface area contributed by atoms with E-state index in [1.54, 1.807) is 0 Å². The highest BCUT2D eigenvalue weighted by Crippen LogP contribution is 2.36. The first kappa shape index (κ1) is 14.6. The maximum atomic E-state index is 13.2. The Morgan fingerprint density at radius 1 is 1.22 bits per heavy atom. The molecule has 0 aromatic heterocycles. The highest BCUT2D eigenvalue weighted by atomic mass is 19.3. The van der Waals surface area contributed by atoms with E-state index in [9.17, 15) is 18.4 Å². The number of rotatable bonds is 2. The minimum Gasteiger partial charge on any atom is -0.370 e. The minimum atomic E-state index is -2.88. The molecule has 7 heteroatoms. The molecule has 3 amide bonds. The number of fused-ring (bicyclic) bond motifs is 1. The van der Waals surface area contributed by atoms with Gasteiger partial charge in [-0.2, -0.15) is 0 Å². The lowest BCUT2D eigenvalue weighted by Gasteiger charge is -2.21. The maximum Gasteiger partial charge on any atom is 0.325 e. The van der Waals surface area contributed by atoms with Gasteiger partial charge in [0.25, 0.3) is 11.8 Å². The Labute approximate surface area is 131 Å². The molecule has 1 atom stereocenters. The molecule has 0 radical (unpaired) electrons. The quantitative estimate of drug-likeness (QED) is 0.840. The molecule has 4 rings (SSSR count). The average molecular weight is 322 g/mol. The van der Waals surface area contributed by atoms with E-state index in [0.717, 1.165) is 16.0 Å². The Hall–Kier alpha value is -2.02. The predicted molar refractivity (Wildman–Crippen MR) is 76.1 cm³/mol. The van der Waals surface area contributed by atoms with Gasteiger partial charge in [-0.05, 0) is 11.1 Å². The highest BCUT2D eigenvalue weighted by Gasteiger charge is 2.55. The Morgan fingerprint density at radius 3 is 2.43 bits per heavy atom. The first-order chi connectivity index (χ1) is 10.9. The summed E-state index contributed by atoms with van der Waals surface area (Å²) in [7, 11) is 0. The van der Waals surface area contributed by atoms with Gasteiger partial charge in [0.05, 0.1) is 12.6 Å². The third-order valence-electron chi connectivity index (χ3n) is 4.79. The molecular formula is C16H16F2N2O3. The summed E-state index contributed by atoms with van der Waals surface area (Å²) in [5.41, 5.74) is 1.10. The second-order valence-corrected chi connectivity index (χ2v) is 6.54. The van der Waals surface area contributed by atoms with Crippen LogP contribution in [0.25, 0.3) is 0 Å². The van der Waals surface area contributed by atoms with E-state index in [4.69, 9.17) is 4.74 Å². The number of carbonyl (C=O) groups excluding carboxylic acids is 2. The number of carbonyl (C=O) groups is 2. The van der Waals surface area contributed by atoms with Gasteiger partial charge in [0, 0.05) is 19.3 Å². The molecule has 2 fully saturated rings. The van der Waals surface area contributed by atoms with Crippen LogP contribution < -0.4 is 5.32 Å². The third-order valence-corrected chi connectivity index (χ3v) is 4.79. The summed E-state index contributed by atoms with van der Waals surface area (Å²) in [6.07, 6.45) is -0.395. The van der Waals surface area contributed by atoms with Crippen molar-refractivity contribution in [2.75, 3.05) is 13.2 Å². The van der Waals surface area contributed by atoms with Gasteiger partial charge < -0.3 is 10.1 Å². The zero-order valence-corrected chi connectivity index (χ0v) is 12.4. The zero-order valence-electron chi connectivity index (χ0n) is 12.4. The minimum absolute atomic E-state index is 0.127.